The molecule has 1 saturated heterocycles. The fraction of sp³-hybridized carbons (Fsp3) is 0.565. The van der Waals surface area contributed by atoms with E-state index in [0.717, 1.165) is 18.5 Å². The predicted octanol–water partition coefficient (Wildman–Crippen LogP) is -0.421. The summed E-state index contributed by atoms with van der Waals surface area (Å²) in [4.78, 5) is 50.1. The van der Waals surface area contributed by atoms with E-state index in [0.29, 0.717) is 25.8 Å². The number of carboxylic acids is 1. The Morgan fingerprint density at radius 2 is 1.71 bits per heavy atom. The Morgan fingerprint density at radius 3 is 2.29 bits per heavy atom. The monoisotopic (exact) mass is 493 g/mol. The fourth-order valence-corrected chi connectivity index (χ4v) is 3.99. The zero-order valence-corrected chi connectivity index (χ0v) is 20.1. The van der Waals surface area contributed by atoms with Gasteiger partial charge in [0.15, 0.2) is 0 Å². The average molecular weight is 494 g/mol. The van der Waals surface area contributed by atoms with Crippen molar-refractivity contribution < 1.29 is 24.3 Å². The molecule has 1 fully saturated rings. The summed E-state index contributed by atoms with van der Waals surface area (Å²) in [5, 5.41) is 20.5. The number of amides is 3. The summed E-state index contributed by atoms with van der Waals surface area (Å²) in [6, 6.07) is 5.65. The van der Waals surface area contributed by atoms with Crippen molar-refractivity contribution in [2.45, 2.75) is 62.7 Å². The van der Waals surface area contributed by atoms with Crippen molar-refractivity contribution >= 4 is 36.3 Å². The molecule has 0 radical (unpaired) electrons. The number of unbranched alkanes of at least 4 members (excludes halogenated alkanes) is 1. The predicted molar refractivity (Wildman–Crippen MR) is 131 cm³/mol. The lowest BCUT2D eigenvalue weighted by atomic mass is 10.0. The van der Waals surface area contributed by atoms with Crippen molar-refractivity contribution in [2.24, 2.45) is 5.73 Å². The Hall–Kier alpha value is -2.63. The zero-order valence-electron chi connectivity index (χ0n) is 19.2. The molecule has 1 aliphatic heterocycles. The minimum atomic E-state index is -1.15. The maximum Gasteiger partial charge on any atom is 0.326 e. The lowest BCUT2D eigenvalue weighted by molar-refractivity contribution is -0.142. The highest BCUT2D eigenvalue weighted by atomic mass is 32.1. The van der Waals surface area contributed by atoms with Gasteiger partial charge in [-0.05, 0) is 50.8 Å². The quantitative estimate of drug-likeness (QED) is 0.137. The van der Waals surface area contributed by atoms with Crippen LogP contribution in [0, 0.1) is 0 Å². The van der Waals surface area contributed by atoms with Gasteiger partial charge < -0.3 is 32.1 Å². The molecular weight excluding hydrogens is 458 g/mol. The molecule has 0 saturated carbocycles. The van der Waals surface area contributed by atoms with Crippen LogP contribution < -0.4 is 27.0 Å². The Labute approximate surface area is 205 Å². The van der Waals surface area contributed by atoms with Crippen LogP contribution in [0.5, 0.6) is 0 Å². The SMILES string of the molecule is NCCCCC(NC(=O)C(Cc1ccccc1)NC(=O)C(CS)NC(=O)C1CCCN1)C(=O)O. The van der Waals surface area contributed by atoms with Crippen LogP contribution in [0.15, 0.2) is 30.3 Å². The summed E-state index contributed by atoms with van der Waals surface area (Å²) in [5.41, 5.74) is 6.27. The van der Waals surface area contributed by atoms with Crippen molar-refractivity contribution in [3.05, 3.63) is 35.9 Å². The number of hydrogen-bond donors (Lipinski definition) is 7. The summed E-state index contributed by atoms with van der Waals surface area (Å²) in [7, 11) is 0. The molecule has 11 heteroatoms. The lowest BCUT2D eigenvalue weighted by Crippen LogP contribution is -2.58. The first-order chi connectivity index (χ1) is 16.3. The first kappa shape index (κ1) is 27.6. The second-order valence-electron chi connectivity index (χ2n) is 8.33. The van der Waals surface area contributed by atoms with Crippen molar-refractivity contribution in [3.63, 3.8) is 0 Å². The number of carboxylic acid groups (broad SMARTS) is 1. The first-order valence-corrected chi connectivity index (χ1v) is 12.2. The number of nitrogens with one attached hydrogen (secondary N) is 4. The van der Waals surface area contributed by atoms with Crippen LogP contribution in [0.4, 0.5) is 0 Å². The van der Waals surface area contributed by atoms with Gasteiger partial charge in [-0.2, -0.15) is 12.6 Å². The number of hydrogen-bond acceptors (Lipinski definition) is 7. The zero-order chi connectivity index (χ0) is 24.9. The first-order valence-electron chi connectivity index (χ1n) is 11.6. The van der Waals surface area contributed by atoms with E-state index in [1.165, 1.54) is 0 Å². The van der Waals surface area contributed by atoms with Gasteiger partial charge in [0.1, 0.15) is 18.1 Å². The number of carbonyl (C=O) groups excluding carboxylic acids is 3. The molecule has 4 unspecified atom stereocenters. The van der Waals surface area contributed by atoms with Gasteiger partial charge in [-0.3, -0.25) is 14.4 Å². The Morgan fingerprint density at radius 1 is 1.03 bits per heavy atom. The summed E-state index contributed by atoms with van der Waals surface area (Å²) in [5.74, 6) is -2.58. The van der Waals surface area contributed by atoms with Crippen LogP contribution in [0.1, 0.15) is 37.7 Å². The van der Waals surface area contributed by atoms with Gasteiger partial charge in [-0.15, -0.1) is 0 Å². The molecule has 7 N–H and O–H groups in total. The minimum absolute atomic E-state index is 0.0425. The van der Waals surface area contributed by atoms with Crippen LogP contribution in [-0.2, 0) is 25.6 Å². The third kappa shape index (κ3) is 8.96. The van der Waals surface area contributed by atoms with Crippen molar-refractivity contribution in [1.82, 2.24) is 21.3 Å². The molecule has 10 nitrogen and oxygen atoms in total. The Bertz CT molecular complexity index is 819. The fourth-order valence-electron chi connectivity index (χ4n) is 3.73. The maximum atomic E-state index is 13.0. The summed E-state index contributed by atoms with van der Waals surface area (Å²) in [6.07, 6.45) is 3.14. The minimum Gasteiger partial charge on any atom is -0.480 e. The highest BCUT2D eigenvalue weighted by molar-refractivity contribution is 7.80. The number of thiol groups is 1. The van der Waals surface area contributed by atoms with E-state index >= 15 is 0 Å². The molecule has 1 heterocycles. The number of aliphatic carboxylic acids is 1. The van der Waals surface area contributed by atoms with Gasteiger partial charge in [0.2, 0.25) is 17.7 Å². The largest absolute Gasteiger partial charge is 0.480 e. The third-order valence-electron chi connectivity index (χ3n) is 5.67. The number of benzene rings is 1. The van der Waals surface area contributed by atoms with E-state index in [1.807, 2.05) is 30.3 Å². The smallest absolute Gasteiger partial charge is 0.326 e. The summed E-state index contributed by atoms with van der Waals surface area (Å²) >= 11 is 4.19. The molecule has 0 aromatic heterocycles. The molecule has 0 aliphatic carbocycles. The van der Waals surface area contributed by atoms with Gasteiger partial charge in [-0.25, -0.2) is 4.79 Å². The molecule has 1 aromatic rings. The molecule has 3 amide bonds. The molecule has 1 aromatic carbocycles. The third-order valence-corrected chi connectivity index (χ3v) is 6.03. The standard InChI is InChI=1S/C23H35N5O5S/c24-11-5-4-9-17(23(32)33)26-21(30)18(13-15-7-2-1-3-8-15)27-22(31)19(14-34)28-20(29)16-10-6-12-25-16/h1-3,7-8,16-19,25,34H,4-6,9-14,24H2,(H,26,30)(H,27,31)(H,28,29)(H,32,33). The van der Waals surface area contributed by atoms with Crippen LogP contribution in [0.25, 0.3) is 0 Å². The summed E-state index contributed by atoms with van der Waals surface area (Å²) < 4.78 is 0. The van der Waals surface area contributed by atoms with E-state index in [1.54, 1.807) is 0 Å². The van der Waals surface area contributed by atoms with E-state index < -0.39 is 35.9 Å². The number of rotatable bonds is 14. The van der Waals surface area contributed by atoms with E-state index in [9.17, 15) is 24.3 Å². The van der Waals surface area contributed by atoms with Crippen molar-refractivity contribution in [3.8, 4) is 0 Å². The van der Waals surface area contributed by atoms with Crippen molar-refractivity contribution in [2.75, 3.05) is 18.8 Å². The highest BCUT2D eigenvalue weighted by Gasteiger charge is 2.31. The van der Waals surface area contributed by atoms with Crippen LogP contribution in [0.3, 0.4) is 0 Å². The van der Waals surface area contributed by atoms with Crippen molar-refractivity contribution in [1.29, 1.82) is 0 Å². The molecule has 34 heavy (non-hydrogen) atoms. The van der Waals surface area contributed by atoms with Crippen LogP contribution in [0.2, 0.25) is 0 Å². The van der Waals surface area contributed by atoms with Gasteiger partial charge in [0, 0.05) is 12.2 Å². The molecule has 0 spiro atoms. The van der Waals surface area contributed by atoms with Gasteiger partial charge in [0.05, 0.1) is 6.04 Å². The van der Waals surface area contributed by atoms with Crippen LogP contribution in [-0.4, -0.2) is 71.8 Å². The second kappa shape index (κ2) is 14.6. The normalized spacial score (nSPS) is 17.9. The van der Waals surface area contributed by atoms with Gasteiger partial charge >= 0.3 is 5.97 Å². The number of carbonyl (C=O) groups is 4. The van der Waals surface area contributed by atoms with E-state index in [-0.39, 0.29) is 30.5 Å². The topological polar surface area (TPSA) is 163 Å². The molecule has 2 rings (SSSR count). The molecule has 1 aliphatic rings. The Balaban J connectivity index is 2.09. The van der Waals surface area contributed by atoms with Gasteiger partial charge in [0.25, 0.3) is 0 Å². The lowest BCUT2D eigenvalue weighted by Gasteiger charge is -2.24. The average Bonchev–Trinajstić information content (AvgIpc) is 3.37. The van der Waals surface area contributed by atoms with Gasteiger partial charge in [-0.1, -0.05) is 30.3 Å². The number of nitrogens with two attached hydrogens (primary N) is 1. The molecule has 0 bridgehead atoms. The van der Waals surface area contributed by atoms with E-state index in [4.69, 9.17) is 5.73 Å². The molecule has 188 valence electrons. The highest BCUT2D eigenvalue weighted by Crippen LogP contribution is 2.08. The second-order valence-corrected chi connectivity index (χ2v) is 8.69. The van der Waals surface area contributed by atoms with E-state index in [2.05, 4.69) is 33.9 Å². The maximum absolute atomic E-state index is 13.0. The molecular formula is C23H35N5O5S. The van der Waals surface area contributed by atoms with Crippen LogP contribution >= 0.6 is 12.6 Å². The molecule has 4 atom stereocenters. The Kier molecular flexibility index (Phi) is 11.9. The summed E-state index contributed by atoms with van der Waals surface area (Å²) in [6.45, 7) is 1.17.